The van der Waals surface area contributed by atoms with Crippen molar-refractivity contribution in [3.05, 3.63) is 41.6 Å². The first-order valence-corrected chi connectivity index (χ1v) is 9.94. The minimum atomic E-state index is -0.513. The molecule has 142 valence electrons. The number of benzene rings is 2. The molecule has 2 aromatic carbocycles. The Bertz CT molecular complexity index is 1220. The van der Waals surface area contributed by atoms with E-state index in [1.807, 2.05) is 25.1 Å². The lowest BCUT2D eigenvalue weighted by atomic mass is 10.1. The Labute approximate surface area is 165 Å². The first-order chi connectivity index (χ1) is 13.5. The molecule has 0 fully saturated rings. The lowest BCUT2D eigenvalue weighted by Crippen LogP contribution is -2.26. The number of aliphatic hydroxyl groups is 1. The van der Waals surface area contributed by atoms with Gasteiger partial charge in [-0.25, -0.2) is 15.0 Å². The van der Waals surface area contributed by atoms with Crippen molar-refractivity contribution in [2.45, 2.75) is 32.5 Å². The fraction of sp³-hybridized carbons (Fsp3) is 0.286. The van der Waals surface area contributed by atoms with E-state index in [2.05, 4.69) is 16.0 Å². The van der Waals surface area contributed by atoms with Crippen molar-refractivity contribution in [3.8, 4) is 22.2 Å². The molecule has 0 aliphatic carbocycles. The molecule has 2 atom stereocenters. The number of nitrogens with zero attached hydrogens (tertiary/aromatic N) is 3. The molecule has 5 rings (SSSR count). The molecule has 3 heterocycles. The number of hydrogen-bond acceptors (Lipinski definition) is 7. The lowest BCUT2D eigenvalue weighted by molar-refractivity contribution is 0.0632. The summed E-state index contributed by atoms with van der Waals surface area (Å²) in [5.41, 5.74) is 5.70. The quantitative estimate of drug-likeness (QED) is 0.569. The number of rotatable bonds is 3. The second-order valence-electron chi connectivity index (χ2n) is 7.10. The fourth-order valence-corrected chi connectivity index (χ4v) is 4.76. The molecule has 2 aromatic heterocycles. The van der Waals surface area contributed by atoms with Crippen molar-refractivity contribution < 1.29 is 14.6 Å². The number of aryl methyl sites for hydroxylation is 1. The standard InChI is InChI=1S/C21H19N3O3S/c1-10-6-13(19-15(7-10)23-18(26-3)9-22-19)21-24-14-4-5-16-12(20(14)28-21)8-17(27-16)11(2)25/h4-7,9,11,17,25H,8H2,1-3H3/t11?,17-/m0/s1. The van der Waals surface area contributed by atoms with E-state index in [4.69, 9.17) is 14.5 Å². The highest BCUT2D eigenvalue weighted by atomic mass is 32.1. The zero-order valence-electron chi connectivity index (χ0n) is 15.8. The maximum absolute atomic E-state index is 9.91. The van der Waals surface area contributed by atoms with Gasteiger partial charge in [-0.3, -0.25) is 0 Å². The predicted octanol–water partition coefficient (Wildman–Crippen LogP) is 3.91. The first kappa shape index (κ1) is 17.3. The highest BCUT2D eigenvalue weighted by Crippen LogP contribution is 2.42. The van der Waals surface area contributed by atoms with Crippen LogP contribution >= 0.6 is 11.3 Å². The maximum atomic E-state index is 9.91. The summed E-state index contributed by atoms with van der Waals surface area (Å²) in [6.07, 6.45) is 1.61. The highest BCUT2D eigenvalue weighted by molar-refractivity contribution is 7.22. The molecule has 1 unspecified atom stereocenters. The minimum absolute atomic E-state index is 0.204. The smallest absolute Gasteiger partial charge is 0.232 e. The van der Waals surface area contributed by atoms with Crippen molar-refractivity contribution in [2.75, 3.05) is 7.11 Å². The van der Waals surface area contributed by atoms with Gasteiger partial charge in [0, 0.05) is 17.5 Å². The number of fused-ring (bicyclic) bond motifs is 4. The van der Waals surface area contributed by atoms with Crippen LogP contribution in [-0.2, 0) is 6.42 Å². The van der Waals surface area contributed by atoms with Crippen molar-refractivity contribution >= 4 is 32.6 Å². The molecule has 1 aliphatic rings. The van der Waals surface area contributed by atoms with Gasteiger partial charge in [-0.05, 0) is 43.7 Å². The van der Waals surface area contributed by atoms with E-state index in [1.165, 1.54) is 0 Å². The van der Waals surface area contributed by atoms with Crippen LogP contribution in [0, 0.1) is 6.92 Å². The third-order valence-corrected chi connectivity index (χ3v) is 6.21. The van der Waals surface area contributed by atoms with E-state index in [9.17, 15) is 5.11 Å². The normalized spacial score (nSPS) is 16.9. The Morgan fingerprint density at radius 1 is 1.25 bits per heavy atom. The van der Waals surface area contributed by atoms with Gasteiger partial charge in [-0.1, -0.05) is 0 Å². The first-order valence-electron chi connectivity index (χ1n) is 9.12. The number of thiazole rings is 1. The molecule has 0 saturated carbocycles. The van der Waals surface area contributed by atoms with E-state index in [0.717, 1.165) is 48.7 Å². The molecule has 6 nitrogen and oxygen atoms in total. The largest absolute Gasteiger partial charge is 0.487 e. The SMILES string of the molecule is COc1cnc2c(-c3nc4ccc5c(c4s3)C[C@@H](C(C)O)O5)cc(C)cc2n1. The van der Waals surface area contributed by atoms with Crippen LogP contribution in [0.1, 0.15) is 18.1 Å². The second-order valence-corrected chi connectivity index (χ2v) is 8.10. The predicted molar refractivity (Wildman–Crippen MR) is 109 cm³/mol. The third-order valence-electron chi connectivity index (χ3n) is 5.05. The van der Waals surface area contributed by atoms with Gasteiger partial charge in [-0.15, -0.1) is 11.3 Å². The van der Waals surface area contributed by atoms with E-state index < -0.39 is 6.10 Å². The minimum Gasteiger partial charge on any atom is -0.487 e. The monoisotopic (exact) mass is 393 g/mol. The Balaban J connectivity index is 1.68. The molecule has 7 heteroatoms. The summed E-state index contributed by atoms with van der Waals surface area (Å²) >= 11 is 1.63. The van der Waals surface area contributed by atoms with E-state index in [-0.39, 0.29) is 6.10 Å². The Kier molecular flexibility index (Phi) is 3.96. The summed E-state index contributed by atoms with van der Waals surface area (Å²) in [4.78, 5) is 14.0. The molecule has 0 bridgehead atoms. The van der Waals surface area contributed by atoms with Gasteiger partial charge in [0.15, 0.2) is 0 Å². The van der Waals surface area contributed by atoms with Gasteiger partial charge in [0.05, 0.1) is 40.7 Å². The topological polar surface area (TPSA) is 77.4 Å². The van der Waals surface area contributed by atoms with Crippen LogP contribution in [-0.4, -0.2) is 39.4 Å². The molecule has 0 saturated heterocycles. The zero-order valence-corrected chi connectivity index (χ0v) is 16.6. The summed E-state index contributed by atoms with van der Waals surface area (Å²) in [6.45, 7) is 3.80. The number of aromatic nitrogens is 3. The average Bonchev–Trinajstić information content (AvgIpc) is 3.30. The Morgan fingerprint density at radius 3 is 2.89 bits per heavy atom. The highest BCUT2D eigenvalue weighted by Gasteiger charge is 2.29. The Hall–Kier alpha value is -2.77. The molecular formula is C21H19N3O3S. The molecule has 1 N–H and O–H groups in total. The Morgan fingerprint density at radius 2 is 2.11 bits per heavy atom. The summed E-state index contributed by atoms with van der Waals surface area (Å²) in [7, 11) is 1.59. The van der Waals surface area contributed by atoms with Crippen LogP contribution in [0.15, 0.2) is 30.5 Å². The van der Waals surface area contributed by atoms with Crippen LogP contribution in [0.25, 0.3) is 31.8 Å². The summed E-state index contributed by atoms with van der Waals surface area (Å²) in [6, 6.07) is 8.02. The molecule has 0 amide bonds. The summed E-state index contributed by atoms with van der Waals surface area (Å²) in [5.74, 6) is 1.33. The van der Waals surface area contributed by atoms with E-state index in [1.54, 1.807) is 31.6 Å². The van der Waals surface area contributed by atoms with Crippen LogP contribution in [0.5, 0.6) is 11.6 Å². The second kappa shape index (κ2) is 6.39. The fourth-order valence-electron chi connectivity index (χ4n) is 3.63. The van der Waals surface area contributed by atoms with E-state index in [0.29, 0.717) is 12.3 Å². The number of hydrogen-bond donors (Lipinski definition) is 1. The van der Waals surface area contributed by atoms with Gasteiger partial charge in [0.25, 0.3) is 0 Å². The number of ether oxygens (including phenoxy) is 2. The molecule has 4 aromatic rings. The average molecular weight is 393 g/mol. The van der Waals surface area contributed by atoms with E-state index >= 15 is 0 Å². The zero-order chi connectivity index (χ0) is 19.4. The molecule has 0 radical (unpaired) electrons. The lowest BCUT2D eigenvalue weighted by Gasteiger charge is -2.12. The van der Waals surface area contributed by atoms with Crippen molar-refractivity contribution in [1.29, 1.82) is 0 Å². The van der Waals surface area contributed by atoms with Crippen molar-refractivity contribution in [1.82, 2.24) is 15.0 Å². The van der Waals surface area contributed by atoms with Gasteiger partial charge in [0.2, 0.25) is 5.88 Å². The maximum Gasteiger partial charge on any atom is 0.232 e. The van der Waals surface area contributed by atoms with Gasteiger partial charge >= 0.3 is 0 Å². The third kappa shape index (κ3) is 2.70. The number of aliphatic hydroxyl groups excluding tert-OH is 1. The number of methoxy groups -OCH3 is 1. The van der Waals surface area contributed by atoms with Crippen LogP contribution in [0.2, 0.25) is 0 Å². The van der Waals surface area contributed by atoms with Gasteiger partial charge < -0.3 is 14.6 Å². The van der Waals surface area contributed by atoms with Gasteiger partial charge in [-0.2, -0.15) is 0 Å². The van der Waals surface area contributed by atoms with Crippen molar-refractivity contribution in [3.63, 3.8) is 0 Å². The molecule has 0 spiro atoms. The molecular weight excluding hydrogens is 374 g/mol. The van der Waals surface area contributed by atoms with Crippen LogP contribution in [0.3, 0.4) is 0 Å². The summed E-state index contributed by atoms with van der Waals surface area (Å²) < 4.78 is 12.2. The molecule has 1 aliphatic heterocycles. The van der Waals surface area contributed by atoms with Crippen molar-refractivity contribution in [2.24, 2.45) is 0 Å². The van der Waals surface area contributed by atoms with Crippen LogP contribution < -0.4 is 9.47 Å². The van der Waals surface area contributed by atoms with Crippen LogP contribution in [0.4, 0.5) is 0 Å². The van der Waals surface area contributed by atoms with Gasteiger partial charge in [0.1, 0.15) is 16.9 Å². The summed E-state index contributed by atoms with van der Waals surface area (Å²) in [5, 5.41) is 10.8. The molecule has 28 heavy (non-hydrogen) atoms.